The van der Waals surface area contributed by atoms with Crippen molar-refractivity contribution in [3.63, 3.8) is 0 Å². The third-order valence-corrected chi connectivity index (χ3v) is 18.5. The molecule has 0 rings (SSSR count). The van der Waals surface area contributed by atoms with Crippen LogP contribution in [0.5, 0.6) is 0 Å². The summed E-state index contributed by atoms with van der Waals surface area (Å²) in [5, 5.41) is 23.2. The van der Waals surface area contributed by atoms with Gasteiger partial charge in [-0.25, -0.2) is 0 Å². The molecule has 0 aromatic heterocycles. The minimum Gasteiger partial charge on any atom is -0.466 e. The molecular formula is C79H153NO5. The number of carbonyl (C=O) groups is 2. The Morgan fingerprint density at radius 1 is 0.329 bits per heavy atom. The molecule has 504 valence electrons. The van der Waals surface area contributed by atoms with Crippen LogP contribution < -0.4 is 5.32 Å². The average Bonchev–Trinajstić information content (AvgIpc) is 3.51. The van der Waals surface area contributed by atoms with Crippen LogP contribution in [0.2, 0.25) is 0 Å². The van der Waals surface area contributed by atoms with Crippen LogP contribution in [-0.2, 0) is 14.3 Å². The van der Waals surface area contributed by atoms with E-state index in [2.05, 4.69) is 43.5 Å². The summed E-state index contributed by atoms with van der Waals surface area (Å²) < 4.78 is 5.52. The molecule has 2 unspecified atom stereocenters. The summed E-state index contributed by atoms with van der Waals surface area (Å²) in [4.78, 5) is 24.6. The van der Waals surface area contributed by atoms with Crippen LogP contribution in [0.3, 0.4) is 0 Å². The molecule has 0 heterocycles. The highest BCUT2D eigenvalue weighted by molar-refractivity contribution is 5.76. The first-order valence-corrected chi connectivity index (χ1v) is 39.1. The van der Waals surface area contributed by atoms with E-state index < -0.39 is 12.1 Å². The van der Waals surface area contributed by atoms with E-state index in [1.165, 1.54) is 366 Å². The number of ether oxygens (including phenoxy) is 1. The Kier molecular flexibility index (Phi) is 73.3. The highest BCUT2D eigenvalue weighted by Gasteiger charge is 2.20. The zero-order valence-electron chi connectivity index (χ0n) is 57.9. The van der Waals surface area contributed by atoms with Crippen LogP contribution in [0.15, 0.2) is 24.3 Å². The summed E-state index contributed by atoms with van der Waals surface area (Å²) in [6.45, 7) is 4.98. The van der Waals surface area contributed by atoms with Gasteiger partial charge in [-0.05, 0) is 57.8 Å². The average molecular weight is 1200 g/mol. The Bertz CT molecular complexity index is 1330. The molecule has 2 atom stereocenters. The molecule has 3 N–H and O–H groups in total. The van der Waals surface area contributed by atoms with E-state index in [0.717, 1.165) is 44.9 Å². The molecule has 1 amide bonds. The summed E-state index contributed by atoms with van der Waals surface area (Å²) in [5.41, 5.74) is 0. The number of aliphatic hydroxyl groups is 2. The van der Waals surface area contributed by atoms with Crippen molar-refractivity contribution >= 4 is 11.9 Å². The van der Waals surface area contributed by atoms with Crippen molar-refractivity contribution in [2.75, 3.05) is 13.2 Å². The lowest BCUT2D eigenvalue weighted by atomic mass is 10.0. The van der Waals surface area contributed by atoms with E-state index in [0.29, 0.717) is 25.9 Å². The van der Waals surface area contributed by atoms with E-state index in [-0.39, 0.29) is 18.5 Å². The molecule has 0 aliphatic heterocycles. The van der Waals surface area contributed by atoms with Gasteiger partial charge in [-0.15, -0.1) is 0 Å². The first-order chi connectivity index (χ1) is 42.0. The summed E-state index contributed by atoms with van der Waals surface area (Å²) >= 11 is 0. The number of hydrogen-bond donors (Lipinski definition) is 3. The van der Waals surface area contributed by atoms with Crippen LogP contribution in [0.4, 0.5) is 0 Å². The topological polar surface area (TPSA) is 95.9 Å². The van der Waals surface area contributed by atoms with Crippen molar-refractivity contribution in [2.24, 2.45) is 0 Å². The molecule has 0 aliphatic rings. The van der Waals surface area contributed by atoms with Crippen molar-refractivity contribution < 1.29 is 24.5 Å². The van der Waals surface area contributed by atoms with Gasteiger partial charge >= 0.3 is 5.97 Å². The Morgan fingerprint density at radius 3 is 0.894 bits per heavy atom. The number of nitrogens with one attached hydrogen (secondary N) is 1. The van der Waals surface area contributed by atoms with Crippen molar-refractivity contribution in [1.82, 2.24) is 5.32 Å². The van der Waals surface area contributed by atoms with Gasteiger partial charge < -0.3 is 20.3 Å². The fourth-order valence-corrected chi connectivity index (χ4v) is 12.6. The van der Waals surface area contributed by atoms with Gasteiger partial charge in [0.1, 0.15) is 0 Å². The van der Waals surface area contributed by atoms with Crippen LogP contribution >= 0.6 is 0 Å². The number of rotatable bonds is 74. The molecule has 0 fully saturated rings. The molecule has 0 saturated heterocycles. The predicted molar refractivity (Wildman–Crippen MR) is 375 cm³/mol. The summed E-state index contributed by atoms with van der Waals surface area (Å²) in [7, 11) is 0. The maximum absolute atomic E-state index is 12.5. The first-order valence-electron chi connectivity index (χ1n) is 39.1. The monoisotopic (exact) mass is 1200 g/mol. The molecule has 6 nitrogen and oxygen atoms in total. The quantitative estimate of drug-likeness (QED) is 0.0320. The van der Waals surface area contributed by atoms with Gasteiger partial charge in [0.05, 0.1) is 25.4 Å². The largest absolute Gasteiger partial charge is 0.466 e. The zero-order valence-corrected chi connectivity index (χ0v) is 57.9. The summed E-state index contributed by atoms with van der Waals surface area (Å²) in [5.74, 6) is -0.00537. The number of unbranched alkanes of at least 4 members (excludes halogenated alkanes) is 59. The molecular weight excluding hydrogens is 1040 g/mol. The van der Waals surface area contributed by atoms with Gasteiger partial charge in [-0.2, -0.15) is 0 Å². The van der Waals surface area contributed by atoms with Gasteiger partial charge in [-0.3, -0.25) is 9.59 Å². The highest BCUT2D eigenvalue weighted by atomic mass is 16.5. The second-order valence-electron chi connectivity index (χ2n) is 27.0. The lowest BCUT2D eigenvalue weighted by molar-refractivity contribution is -0.143. The smallest absolute Gasteiger partial charge is 0.305 e. The third kappa shape index (κ3) is 71.3. The maximum atomic E-state index is 12.5. The van der Waals surface area contributed by atoms with E-state index in [4.69, 9.17) is 4.74 Å². The van der Waals surface area contributed by atoms with Gasteiger partial charge in [0.15, 0.2) is 0 Å². The lowest BCUT2D eigenvalue weighted by Gasteiger charge is -2.22. The van der Waals surface area contributed by atoms with Gasteiger partial charge in [-0.1, -0.05) is 398 Å². The fourth-order valence-electron chi connectivity index (χ4n) is 12.6. The Balaban J connectivity index is 3.31. The maximum Gasteiger partial charge on any atom is 0.305 e. The molecule has 6 heteroatoms. The van der Waals surface area contributed by atoms with Gasteiger partial charge in [0.2, 0.25) is 5.91 Å². The van der Waals surface area contributed by atoms with Gasteiger partial charge in [0, 0.05) is 12.8 Å². The predicted octanol–water partition coefficient (Wildman–Crippen LogP) is 25.7. The Hall–Kier alpha value is -1.66. The Labute approximate surface area is 532 Å². The minimum atomic E-state index is -0.660. The third-order valence-electron chi connectivity index (χ3n) is 18.5. The number of hydrogen-bond acceptors (Lipinski definition) is 5. The summed E-state index contributed by atoms with van der Waals surface area (Å²) in [6.07, 6.45) is 95.7. The van der Waals surface area contributed by atoms with Crippen LogP contribution in [0.1, 0.15) is 444 Å². The highest BCUT2D eigenvalue weighted by Crippen LogP contribution is 2.20. The number of amides is 1. The summed E-state index contributed by atoms with van der Waals surface area (Å²) in [6, 6.07) is -0.537. The first kappa shape index (κ1) is 83.3. The van der Waals surface area contributed by atoms with Crippen molar-refractivity contribution in [2.45, 2.75) is 456 Å². The SMILES string of the molecule is CCCCCCCCCCCCCCCCCCCCCC(=O)OCCCCCCCCCCCCCCCCC/C=C\C/C=C\CCCCCCCCCCCCCCCCCCCC(=O)NC(CO)C(O)CCCCCCCCCCCC. The fraction of sp³-hybridized carbons (Fsp3) is 0.924. The molecule has 0 spiro atoms. The number of esters is 1. The molecule has 0 aromatic rings. The van der Waals surface area contributed by atoms with E-state index in [9.17, 15) is 19.8 Å². The van der Waals surface area contributed by atoms with E-state index >= 15 is 0 Å². The standard InChI is InChI=1S/C79H153NO5/c1-3-5-7-9-11-13-15-16-17-18-40-44-47-50-53-57-61-65-69-73-79(84)85-74-70-66-62-58-54-51-48-45-42-39-37-35-33-31-29-27-25-23-21-19-20-22-24-26-28-30-32-34-36-38-41-43-46-49-52-56-60-64-68-72-78(83)80-76(75-81)77(82)71-67-63-59-55-14-12-10-8-6-4-2/h19-20,23,25,76-77,81-82H,3-18,21-22,24,26-75H2,1-2H3,(H,80,83)/b20-19-,25-23-. The number of allylic oxidation sites excluding steroid dienone is 4. The number of carbonyl (C=O) groups excluding carboxylic acids is 2. The normalized spacial score (nSPS) is 12.6. The number of aliphatic hydroxyl groups excluding tert-OH is 2. The van der Waals surface area contributed by atoms with Crippen molar-refractivity contribution in [3.8, 4) is 0 Å². The van der Waals surface area contributed by atoms with Crippen LogP contribution in [0.25, 0.3) is 0 Å². The van der Waals surface area contributed by atoms with E-state index in [1.54, 1.807) is 0 Å². The zero-order chi connectivity index (χ0) is 61.3. The van der Waals surface area contributed by atoms with Gasteiger partial charge in [0.25, 0.3) is 0 Å². The van der Waals surface area contributed by atoms with Crippen molar-refractivity contribution in [1.29, 1.82) is 0 Å². The molecule has 85 heavy (non-hydrogen) atoms. The Morgan fingerprint density at radius 2 is 0.588 bits per heavy atom. The molecule has 0 aliphatic carbocycles. The second-order valence-corrected chi connectivity index (χ2v) is 27.0. The molecule has 0 aromatic carbocycles. The van der Waals surface area contributed by atoms with E-state index in [1.807, 2.05) is 0 Å². The molecule has 0 bridgehead atoms. The van der Waals surface area contributed by atoms with Crippen molar-refractivity contribution in [3.05, 3.63) is 24.3 Å². The molecule has 0 saturated carbocycles. The minimum absolute atomic E-state index is 0.0260. The second kappa shape index (κ2) is 74.8. The lowest BCUT2D eigenvalue weighted by Crippen LogP contribution is -2.45. The van der Waals surface area contributed by atoms with Crippen LogP contribution in [-0.4, -0.2) is 47.4 Å². The molecule has 0 radical (unpaired) electrons. The van der Waals surface area contributed by atoms with Crippen LogP contribution in [0, 0.1) is 0 Å².